The van der Waals surface area contributed by atoms with Crippen molar-refractivity contribution in [2.45, 2.75) is 83.0 Å². The minimum atomic E-state index is -1.26. The predicted octanol–water partition coefficient (Wildman–Crippen LogP) is -0.549. The van der Waals surface area contributed by atoms with Crippen molar-refractivity contribution in [3.63, 3.8) is 0 Å². The van der Waals surface area contributed by atoms with Crippen molar-refractivity contribution in [2.75, 3.05) is 19.8 Å². The van der Waals surface area contributed by atoms with Crippen molar-refractivity contribution in [3.05, 3.63) is 0 Å². The SMILES string of the molecule is CC(=O)[C@H](C)CCCCNC(=O)CCCCOC1OC(CO)C(O)C(O)C1N. The predicted molar refractivity (Wildman–Crippen MR) is 102 cm³/mol. The van der Waals surface area contributed by atoms with Gasteiger partial charge in [0.1, 0.15) is 24.1 Å². The van der Waals surface area contributed by atoms with Crippen LogP contribution in [0.4, 0.5) is 0 Å². The van der Waals surface area contributed by atoms with Crippen molar-refractivity contribution in [3.8, 4) is 0 Å². The van der Waals surface area contributed by atoms with Gasteiger partial charge in [0.05, 0.1) is 12.6 Å². The summed E-state index contributed by atoms with van der Waals surface area (Å²) >= 11 is 0. The molecule has 28 heavy (non-hydrogen) atoms. The molecule has 0 aliphatic carbocycles. The Labute approximate surface area is 166 Å². The summed E-state index contributed by atoms with van der Waals surface area (Å²) in [7, 11) is 0. The molecule has 1 aliphatic rings. The Morgan fingerprint density at radius 1 is 1.18 bits per heavy atom. The third-order valence-electron chi connectivity index (χ3n) is 5.09. The molecule has 0 radical (unpaired) electrons. The van der Waals surface area contributed by atoms with E-state index in [1.165, 1.54) is 0 Å². The number of hydrogen-bond acceptors (Lipinski definition) is 8. The highest BCUT2D eigenvalue weighted by molar-refractivity contribution is 5.77. The van der Waals surface area contributed by atoms with E-state index in [2.05, 4.69) is 5.32 Å². The van der Waals surface area contributed by atoms with E-state index in [1.54, 1.807) is 6.92 Å². The summed E-state index contributed by atoms with van der Waals surface area (Å²) in [5.74, 6) is 0.251. The highest BCUT2D eigenvalue weighted by Crippen LogP contribution is 2.20. The van der Waals surface area contributed by atoms with Crippen LogP contribution in [0, 0.1) is 5.92 Å². The van der Waals surface area contributed by atoms with Crippen LogP contribution in [0.1, 0.15) is 52.4 Å². The van der Waals surface area contributed by atoms with Gasteiger partial charge in [-0.15, -0.1) is 0 Å². The van der Waals surface area contributed by atoms with Crippen LogP contribution in [0.15, 0.2) is 0 Å². The molecule has 1 rings (SSSR count). The zero-order valence-electron chi connectivity index (χ0n) is 16.9. The topological polar surface area (TPSA) is 151 Å². The van der Waals surface area contributed by atoms with Gasteiger partial charge in [0.25, 0.3) is 0 Å². The highest BCUT2D eigenvalue weighted by Gasteiger charge is 2.42. The summed E-state index contributed by atoms with van der Waals surface area (Å²) < 4.78 is 10.9. The Balaban J connectivity index is 2.09. The molecular weight excluding hydrogens is 368 g/mol. The summed E-state index contributed by atoms with van der Waals surface area (Å²) in [4.78, 5) is 22.9. The van der Waals surface area contributed by atoms with Crippen LogP contribution >= 0.6 is 0 Å². The van der Waals surface area contributed by atoms with E-state index < -0.39 is 37.3 Å². The van der Waals surface area contributed by atoms with Crippen LogP contribution in [0.25, 0.3) is 0 Å². The summed E-state index contributed by atoms with van der Waals surface area (Å²) in [6.07, 6.45) is -0.125. The standard InChI is InChI=1S/C19H36N2O7/c1-12(13(2)23)7-3-5-9-21-15(24)8-4-6-10-27-19-16(20)18(26)17(25)14(11-22)28-19/h12,14,16-19,22,25-26H,3-11,20H2,1-2H3,(H,21,24)/t12-,14?,16?,17?,18?,19?/m1/s1. The number of amides is 1. The van der Waals surface area contributed by atoms with Crippen molar-refractivity contribution >= 4 is 11.7 Å². The van der Waals surface area contributed by atoms with Crippen LogP contribution in [-0.2, 0) is 19.1 Å². The van der Waals surface area contributed by atoms with Crippen LogP contribution in [0.2, 0.25) is 0 Å². The Morgan fingerprint density at radius 3 is 2.54 bits per heavy atom. The van der Waals surface area contributed by atoms with Gasteiger partial charge in [0.2, 0.25) is 5.91 Å². The van der Waals surface area contributed by atoms with Gasteiger partial charge in [-0.25, -0.2) is 0 Å². The molecule has 9 nitrogen and oxygen atoms in total. The molecule has 1 fully saturated rings. The van der Waals surface area contributed by atoms with E-state index in [9.17, 15) is 19.8 Å². The lowest BCUT2D eigenvalue weighted by Crippen LogP contribution is -2.62. The second kappa shape index (κ2) is 13.2. The van der Waals surface area contributed by atoms with Gasteiger partial charge in [0, 0.05) is 25.5 Å². The van der Waals surface area contributed by atoms with Gasteiger partial charge in [-0.1, -0.05) is 13.3 Å². The Hall–Kier alpha value is -1.10. The van der Waals surface area contributed by atoms with Crippen molar-refractivity contribution < 1.29 is 34.4 Å². The number of nitrogens with one attached hydrogen (secondary N) is 1. The fraction of sp³-hybridized carbons (Fsp3) is 0.895. The van der Waals surface area contributed by atoms with Crippen molar-refractivity contribution in [1.29, 1.82) is 0 Å². The average Bonchev–Trinajstić information content (AvgIpc) is 2.66. The Bertz CT molecular complexity index is 475. The number of ketones is 1. The maximum atomic E-state index is 11.8. The summed E-state index contributed by atoms with van der Waals surface area (Å²) in [5, 5.41) is 31.6. The van der Waals surface area contributed by atoms with Gasteiger partial charge in [-0.2, -0.15) is 0 Å². The molecule has 1 amide bonds. The fourth-order valence-corrected chi connectivity index (χ4v) is 2.94. The van der Waals surface area contributed by atoms with E-state index in [1.807, 2.05) is 6.92 Å². The van der Waals surface area contributed by atoms with Crippen molar-refractivity contribution in [1.82, 2.24) is 5.32 Å². The number of unbranched alkanes of at least 4 members (excludes halogenated alkanes) is 2. The molecule has 0 aromatic heterocycles. The van der Waals surface area contributed by atoms with E-state index in [4.69, 9.17) is 20.3 Å². The first kappa shape index (κ1) is 24.9. The molecule has 0 saturated carbocycles. The molecule has 1 heterocycles. The molecule has 0 aromatic rings. The molecule has 5 unspecified atom stereocenters. The lowest BCUT2D eigenvalue weighted by molar-refractivity contribution is -0.265. The average molecular weight is 405 g/mol. The molecule has 1 saturated heterocycles. The molecule has 0 aromatic carbocycles. The molecule has 0 bridgehead atoms. The number of aliphatic hydroxyl groups is 3. The summed E-state index contributed by atoms with van der Waals surface area (Å²) in [5.41, 5.74) is 5.78. The third-order valence-corrected chi connectivity index (χ3v) is 5.09. The van der Waals surface area contributed by atoms with E-state index >= 15 is 0 Å². The number of rotatable bonds is 13. The number of Topliss-reactive ketones (excluding diaryl/α,β-unsaturated/α-hetero) is 1. The number of aliphatic hydroxyl groups excluding tert-OH is 3. The second-order valence-corrected chi connectivity index (χ2v) is 7.47. The van der Waals surface area contributed by atoms with Crippen LogP contribution < -0.4 is 11.1 Å². The lowest BCUT2D eigenvalue weighted by atomic mass is 9.98. The third kappa shape index (κ3) is 8.50. The van der Waals surface area contributed by atoms with Gasteiger partial charge >= 0.3 is 0 Å². The van der Waals surface area contributed by atoms with Gasteiger partial charge in [0.15, 0.2) is 6.29 Å². The highest BCUT2D eigenvalue weighted by atomic mass is 16.7. The van der Waals surface area contributed by atoms with E-state index in [0.29, 0.717) is 25.8 Å². The lowest BCUT2D eigenvalue weighted by Gasteiger charge is -2.40. The molecule has 164 valence electrons. The quantitative estimate of drug-likeness (QED) is 0.257. The number of ether oxygens (including phenoxy) is 2. The van der Waals surface area contributed by atoms with Crippen LogP contribution in [0.5, 0.6) is 0 Å². The summed E-state index contributed by atoms with van der Waals surface area (Å²) in [6, 6.07) is -0.910. The molecule has 0 spiro atoms. The zero-order chi connectivity index (χ0) is 21.1. The van der Waals surface area contributed by atoms with Gasteiger partial charge in [-0.3, -0.25) is 9.59 Å². The number of carbonyl (C=O) groups excluding carboxylic acids is 2. The zero-order valence-corrected chi connectivity index (χ0v) is 16.9. The Morgan fingerprint density at radius 2 is 1.89 bits per heavy atom. The van der Waals surface area contributed by atoms with E-state index in [-0.39, 0.29) is 24.2 Å². The molecular formula is C19H36N2O7. The summed E-state index contributed by atoms with van der Waals surface area (Å²) in [6.45, 7) is 3.96. The number of carbonyl (C=O) groups is 2. The number of hydrogen-bond donors (Lipinski definition) is 5. The van der Waals surface area contributed by atoms with E-state index in [0.717, 1.165) is 19.3 Å². The van der Waals surface area contributed by atoms with Crippen molar-refractivity contribution in [2.24, 2.45) is 11.7 Å². The second-order valence-electron chi connectivity index (χ2n) is 7.47. The maximum absolute atomic E-state index is 11.8. The molecule has 9 heteroatoms. The maximum Gasteiger partial charge on any atom is 0.219 e. The van der Waals surface area contributed by atoms with Crippen LogP contribution in [0.3, 0.4) is 0 Å². The first-order valence-corrected chi connectivity index (χ1v) is 10.0. The number of nitrogens with two attached hydrogens (primary N) is 1. The molecule has 1 aliphatic heterocycles. The van der Waals surface area contributed by atoms with Crippen LogP contribution in [-0.4, -0.2) is 77.4 Å². The first-order valence-electron chi connectivity index (χ1n) is 10.0. The molecule has 6 atom stereocenters. The first-order chi connectivity index (χ1) is 13.3. The Kier molecular flexibility index (Phi) is 11.7. The monoisotopic (exact) mass is 404 g/mol. The minimum Gasteiger partial charge on any atom is -0.394 e. The largest absolute Gasteiger partial charge is 0.394 e. The fourth-order valence-electron chi connectivity index (χ4n) is 2.94. The van der Waals surface area contributed by atoms with Gasteiger partial charge in [-0.05, 0) is 32.6 Å². The molecule has 6 N–H and O–H groups in total. The minimum absolute atomic E-state index is 0.0240. The smallest absolute Gasteiger partial charge is 0.219 e. The van der Waals surface area contributed by atoms with Gasteiger partial charge < -0.3 is 35.8 Å². The normalized spacial score (nSPS) is 28.7.